The van der Waals surface area contributed by atoms with Gasteiger partial charge in [-0.15, -0.1) is 0 Å². The lowest BCUT2D eigenvalue weighted by Crippen LogP contribution is -2.50. The molecule has 5 unspecified atom stereocenters. The number of hydrogen-bond acceptors (Lipinski definition) is 3. The van der Waals surface area contributed by atoms with Crippen molar-refractivity contribution < 1.29 is 9.53 Å². The molecule has 1 amide bonds. The number of nitrogens with two attached hydrogens (primary N) is 1. The van der Waals surface area contributed by atoms with Gasteiger partial charge in [-0.2, -0.15) is 0 Å². The van der Waals surface area contributed by atoms with Crippen molar-refractivity contribution in [2.45, 2.75) is 31.4 Å². The Labute approximate surface area is 152 Å². The minimum Gasteiger partial charge on any atom is -0.370 e. The fourth-order valence-electron chi connectivity index (χ4n) is 4.68. The SMILES string of the molecule is NC1C2CCC(C2)C1C(=O)N1CCOC(c2ccc(Cl)c(Cl)c2)C1. The molecule has 4 rings (SSSR count). The number of fused-ring (bicyclic) bond motifs is 2. The van der Waals surface area contributed by atoms with Gasteiger partial charge in [0.2, 0.25) is 5.91 Å². The van der Waals surface area contributed by atoms with Crippen LogP contribution in [0.3, 0.4) is 0 Å². The molecule has 2 saturated carbocycles. The zero-order valence-corrected chi connectivity index (χ0v) is 15.0. The molecule has 1 heterocycles. The van der Waals surface area contributed by atoms with Gasteiger partial charge in [0, 0.05) is 12.6 Å². The van der Waals surface area contributed by atoms with Gasteiger partial charge >= 0.3 is 0 Å². The molecule has 5 atom stereocenters. The number of halogens is 2. The maximum Gasteiger partial charge on any atom is 0.227 e. The Balaban J connectivity index is 1.48. The first-order valence-corrected chi connectivity index (χ1v) is 9.41. The second-order valence-corrected chi connectivity index (χ2v) is 8.07. The van der Waals surface area contributed by atoms with E-state index < -0.39 is 0 Å². The van der Waals surface area contributed by atoms with Gasteiger partial charge in [0.15, 0.2) is 0 Å². The number of nitrogens with zero attached hydrogens (tertiary/aromatic N) is 1. The van der Waals surface area contributed by atoms with Crippen LogP contribution in [0.25, 0.3) is 0 Å². The molecule has 1 aromatic carbocycles. The van der Waals surface area contributed by atoms with E-state index in [0.717, 1.165) is 18.4 Å². The van der Waals surface area contributed by atoms with E-state index in [1.54, 1.807) is 6.07 Å². The largest absolute Gasteiger partial charge is 0.370 e. The maximum atomic E-state index is 13.0. The van der Waals surface area contributed by atoms with Gasteiger partial charge in [-0.3, -0.25) is 4.79 Å². The first kappa shape index (κ1) is 16.6. The van der Waals surface area contributed by atoms with Crippen molar-refractivity contribution in [3.8, 4) is 0 Å². The maximum absolute atomic E-state index is 13.0. The summed E-state index contributed by atoms with van der Waals surface area (Å²) in [5.74, 6) is 1.22. The van der Waals surface area contributed by atoms with Crippen LogP contribution >= 0.6 is 23.2 Å². The molecular formula is C18H22Cl2N2O2. The van der Waals surface area contributed by atoms with Crippen LogP contribution in [0.5, 0.6) is 0 Å². The Hall–Kier alpha value is -0.810. The molecule has 0 spiro atoms. The van der Waals surface area contributed by atoms with E-state index in [4.69, 9.17) is 33.7 Å². The number of hydrogen-bond donors (Lipinski definition) is 1. The van der Waals surface area contributed by atoms with Gasteiger partial charge in [-0.25, -0.2) is 0 Å². The van der Waals surface area contributed by atoms with Crippen LogP contribution < -0.4 is 5.73 Å². The van der Waals surface area contributed by atoms with E-state index in [-0.39, 0.29) is 24.0 Å². The molecule has 24 heavy (non-hydrogen) atoms. The Morgan fingerprint density at radius 2 is 2.00 bits per heavy atom. The number of carbonyl (C=O) groups is 1. The average Bonchev–Trinajstić information content (AvgIpc) is 3.18. The third-order valence-corrected chi connectivity index (χ3v) is 6.70. The van der Waals surface area contributed by atoms with Crippen molar-refractivity contribution in [2.75, 3.05) is 19.7 Å². The second-order valence-electron chi connectivity index (χ2n) is 7.25. The molecule has 130 valence electrons. The number of rotatable bonds is 2. The monoisotopic (exact) mass is 368 g/mol. The summed E-state index contributed by atoms with van der Waals surface area (Å²) in [6.45, 7) is 1.72. The third-order valence-electron chi connectivity index (χ3n) is 5.96. The second kappa shape index (κ2) is 6.49. The Kier molecular flexibility index (Phi) is 4.50. The molecule has 4 nitrogen and oxygen atoms in total. The number of ether oxygens (including phenoxy) is 1. The predicted molar refractivity (Wildman–Crippen MR) is 94.0 cm³/mol. The van der Waals surface area contributed by atoms with E-state index in [1.165, 1.54) is 6.42 Å². The van der Waals surface area contributed by atoms with Crippen molar-refractivity contribution >= 4 is 29.1 Å². The minimum atomic E-state index is -0.160. The molecule has 2 bridgehead atoms. The third kappa shape index (κ3) is 2.84. The quantitative estimate of drug-likeness (QED) is 0.871. The van der Waals surface area contributed by atoms with Crippen molar-refractivity contribution in [2.24, 2.45) is 23.5 Å². The zero-order valence-electron chi connectivity index (χ0n) is 13.5. The number of amides is 1. The highest BCUT2D eigenvalue weighted by Gasteiger charge is 2.50. The summed E-state index contributed by atoms with van der Waals surface area (Å²) >= 11 is 12.1. The van der Waals surface area contributed by atoms with Gasteiger partial charge in [0.05, 0.1) is 29.1 Å². The summed E-state index contributed by atoms with van der Waals surface area (Å²) < 4.78 is 5.86. The van der Waals surface area contributed by atoms with Gasteiger partial charge in [-0.05, 0) is 48.8 Å². The van der Waals surface area contributed by atoms with Crippen LogP contribution in [-0.4, -0.2) is 36.5 Å². The topological polar surface area (TPSA) is 55.6 Å². The molecule has 2 aliphatic carbocycles. The van der Waals surface area contributed by atoms with Crippen molar-refractivity contribution in [1.82, 2.24) is 4.90 Å². The molecule has 6 heteroatoms. The fourth-order valence-corrected chi connectivity index (χ4v) is 4.98. The van der Waals surface area contributed by atoms with Gasteiger partial charge in [-0.1, -0.05) is 29.3 Å². The Morgan fingerprint density at radius 1 is 1.21 bits per heavy atom. The van der Waals surface area contributed by atoms with Crippen molar-refractivity contribution in [3.05, 3.63) is 33.8 Å². The average molecular weight is 369 g/mol. The molecule has 1 saturated heterocycles. The summed E-state index contributed by atoms with van der Waals surface area (Å²) in [5.41, 5.74) is 7.30. The summed E-state index contributed by atoms with van der Waals surface area (Å²) in [4.78, 5) is 15.0. The Morgan fingerprint density at radius 3 is 2.71 bits per heavy atom. The van der Waals surface area contributed by atoms with E-state index in [1.807, 2.05) is 17.0 Å². The molecule has 1 aliphatic heterocycles. The highest BCUT2D eigenvalue weighted by atomic mass is 35.5. The Bertz CT molecular complexity index is 652. The molecule has 2 N–H and O–H groups in total. The van der Waals surface area contributed by atoms with Gasteiger partial charge in [0.1, 0.15) is 6.10 Å². The van der Waals surface area contributed by atoms with Crippen molar-refractivity contribution in [1.29, 1.82) is 0 Å². The number of carbonyl (C=O) groups excluding carboxylic acids is 1. The fraction of sp³-hybridized carbons (Fsp3) is 0.611. The summed E-state index contributed by atoms with van der Waals surface area (Å²) in [7, 11) is 0. The standard InChI is InChI=1S/C18H22Cl2N2O2/c19-13-4-3-10(8-14(13)20)15-9-22(5-6-24-15)18(23)16-11-1-2-12(7-11)17(16)21/h3-4,8,11-12,15-17H,1-2,5-7,9,21H2. The van der Waals surface area contributed by atoms with E-state index in [9.17, 15) is 4.79 Å². The molecule has 0 aromatic heterocycles. The normalized spacial score (nSPS) is 35.5. The van der Waals surface area contributed by atoms with E-state index in [0.29, 0.717) is 41.6 Å². The summed E-state index contributed by atoms with van der Waals surface area (Å²) in [6.07, 6.45) is 3.30. The number of morpholine rings is 1. The van der Waals surface area contributed by atoms with Crippen LogP contribution in [0.4, 0.5) is 0 Å². The van der Waals surface area contributed by atoms with E-state index >= 15 is 0 Å². The van der Waals surface area contributed by atoms with E-state index in [2.05, 4.69) is 0 Å². The van der Waals surface area contributed by atoms with Crippen LogP contribution in [0.15, 0.2) is 18.2 Å². The van der Waals surface area contributed by atoms with Gasteiger partial charge < -0.3 is 15.4 Å². The highest BCUT2D eigenvalue weighted by molar-refractivity contribution is 6.42. The van der Waals surface area contributed by atoms with Gasteiger partial charge in [0.25, 0.3) is 0 Å². The zero-order chi connectivity index (χ0) is 16.8. The molecule has 1 aromatic rings. The summed E-state index contributed by atoms with van der Waals surface area (Å²) in [5, 5.41) is 1.04. The highest BCUT2D eigenvalue weighted by Crippen LogP contribution is 2.48. The minimum absolute atomic E-state index is 0.00342. The van der Waals surface area contributed by atoms with Crippen LogP contribution in [0.1, 0.15) is 30.9 Å². The molecule has 0 radical (unpaired) electrons. The number of benzene rings is 1. The lowest BCUT2D eigenvalue weighted by atomic mass is 9.84. The van der Waals surface area contributed by atoms with Crippen molar-refractivity contribution in [3.63, 3.8) is 0 Å². The predicted octanol–water partition coefficient (Wildman–Crippen LogP) is 3.27. The first-order chi connectivity index (χ1) is 11.5. The first-order valence-electron chi connectivity index (χ1n) is 8.65. The smallest absolute Gasteiger partial charge is 0.227 e. The lowest BCUT2D eigenvalue weighted by Gasteiger charge is -2.37. The van der Waals surface area contributed by atoms with Crippen LogP contribution in [-0.2, 0) is 9.53 Å². The van der Waals surface area contributed by atoms with Crippen LogP contribution in [0.2, 0.25) is 10.0 Å². The lowest BCUT2D eigenvalue weighted by molar-refractivity contribution is -0.145. The molecular weight excluding hydrogens is 347 g/mol. The molecule has 3 aliphatic rings. The molecule has 3 fully saturated rings. The summed E-state index contributed by atoms with van der Waals surface area (Å²) in [6, 6.07) is 5.54. The van der Waals surface area contributed by atoms with Crippen LogP contribution in [0, 0.1) is 17.8 Å².